The number of aromatic amines is 1. The molecular weight excluding hydrogens is 626 g/mol. The maximum Gasteiger partial charge on any atom is 0.319 e. The van der Waals surface area contributed by atoms with Gasteiger partial charge in [0.2, 0.25) is 0 Å². The van der Waals surface area contributed by atoms with Gasteiger partial charge in [-0.2, -0.15) is 9.97 Å². The van der Waals surface area contributed by atoms with Gasteiger partial charge in [-0.15, -0.1) is 0 Å². The summed E-state index contributed by atoms with van der Waals surface area (Å²) in [4.78, 5) is 51.6. The molecule has 15 heteroatoms. The lowest BCUT2D eigenvalue weighted by atomic mass is 10.1. The summed E-state index contributed by atoms with van der Waals surface area (Å²) in [7, 11) is 0. The first-order valence-electron chi connectivity index (χ1n) is 12.5. The Bertz CT molecular complexity index is 1620. The predicted octanol–water partition coefficient (Wildman–Crippen LogP) is 3.67. The largest absolute Gasteiger partial charge is 0.463 e. The van der Waals surface area contributed by atoms with Gasteiger partial charge in [0, 0.05) is 43.2 Å². The van der Waals surface area contributed by atoms with E-state index in [1.807, 2.05) is 24.4 Å². The molecule has 1 aliphatic rings. The molecule has 0 amide bonds. The third kappa shape index (κ3) is 6.14. The number of rotatable bonds is 9. The fourth-order valence-corrected chi connectivity index (χ4v) is 5.35. The van der Waals surface area contributed by atoms with Crippen LogP contribution in [0.3, 0.4) is 0 Å². The number of nitrogens with one attached hydrogen (secondary N) is 1. The van der Waals surface area contributed by atoms with Gasteiger partial charge in [-0.3, -0.25) is 19.0 Å². The second-order valence-electron chi connectivity index (χ2n) is 9.21. The van der Waals surface area contributed by atoms with Gasteiger partial charge in [0.25, 0.3) is 0 Å². The lowest BCUT2D eigenvalue weighted by Gasteiger charge is -2.23. The van der Waals surface area contributed by atoms with Crippen LogP contribution >= 0.6 is 27.5 Å². The van der Waals surface area contributed by atoms with E-state index in [1.54, 1.807) is 0 Å². The Morgan fingerprint density at radius 1 is 1.10 bits per heavy atom. The van der Waals surface area contributed by atoms with Crippen molar-refractivity contribution in [3.8, 4) is 6.01 Å². The minimum atomic E-state index is -1.12. The van der Waals surface area contributed by atoms with E-state index < -0.39 is 42.4 Å². The van der Waals surface area contributed by atoms with E-state index in [0.29, 0.717) is 6.42 Å². The summed E-state index contributed by atoms with van der Waals surface area (Å²) in [6, 6.07) is 5.93. The van der Waals surface area contributed by atoms with Crippen molar-refractivity contribution in [3.63, 3.8) is 0 Å². The van der Waals surface area contributed by atoms with Crippen molar-refractivity contribution in [2.45, 2.75) is 51.7 Å². The molecule has 4 aromatic rings. The van der Waals surface area contributed by atoms with Gasteiger partial charge in [0.15, 0.2) is 29.2 Å². The maximum absolute atomic E-state index is 12.0. The van der Waals surface area contributed by atoms with Gasteiger partial charge in [0.1, 0.15) is 18.2 Å². The highest BCUT2D eigenvalue weighted by molar-refractivity contribution is 9.10. The number of carbonyl (C=O) groups excluding carboxylic acids is 3. The molecule has 1 saturated heterocycles. The van der Waals surface area contributed by atoms with Gasteiger partial charge in [-0.25, -0.2) is 4.98 Å². The highest BCUT2D eigenvalue weighted by Gasteiger charge is 2.51. The van der Waals surface area contributed by atoms with E-state index in [-0.39, 0.29) is 35.5 Å². The summed E-state index contributed by atoms with van der Waals surface area (Å²) in [5.74, 6) is -1.83. The third-order valence-electron chi connectivity index (χ3n) is 6.33. The molecule has 1 aromatic carbocycles. The molecule has 13 nitrogen and oxygen atoms in total. The summed E-state index contributed by atoms with van der Waals surface area (Å²) in [6.07, 6.45) is -0.327. The van der Waals surface area contributed by atoms with Crippen molar-refractivity contribution in [2.75, 3.05) is 13.2 Å². The molecule has 41 heavy (non-hydrogen) atoms. The van der Waals surface area contributed by atoms with Crippen LogP contribution in [-0.2, 0) is 39.8 Å². The summed E-state index contributed by atoms with van der Waals surface area (Å²) < 4.78 is 30.4. The number of nitrogens with zero attached hydrogens (tertiary/aromatic N) is 4. The summed E-state index contributed by atoms with van der Waals surface area (Å²) in [6.45, 7) is 3.66. The SMILES string of the molecule is CC(=O)OC[C@H]1O[C@@H](n2cnc3c(Cl)nc(OCCc4c[nH]c5c(Br)cccc45)nc32)[C@H](OC(C)=O)[C@@H]1OC(C)=O. The second kappa shape index (κ2) is 12.0. The lowest BCUT2D eigenvalue weighted by Crippen LogP contribution is -2.40. The number of halogens is 2. The molecule has 0 unspecified atom stereocenters. The van der Waals surface area contributed by atoms with Crippen LogP contribution in [0.15, 0.2) is 35.2 Å². The highest BCUT2D eigenvalue weighted by atomic mass is 79.9. The van der Waals surface area contributed by atoms with Gasteiger partial charge in [-0.05, 0) is 27.6 Å². The van der Waals surface area contributed by atoms with E-state index in [9.17, 15) is 14.4 Å². The van der Waals surface area contributed by atoms with Crippen molar-refractivity contribution in [3.05, 3.63) is 45.9 Å². The summed E-state index contributed by atoms with van der Waals surface area (Å²) >= 11 is 9.96. The van der Waals surface area contributed by atoms with Gasteiger partial charge in [0.05, 0.1) is 18.5 Å². The average Bonchev–Trinajstić information content (AvgIpc) is 3.60. The minimum absolute atomic E-state index is 0.000282. The zero-order valence-electron chi connectivity index (χ0n) is 22.1. The van der Waals surface area contributed by atoms with Crippen molar-refractivity contribution in [1.29, 1.82) is 0 Å². The number of hydrogen-bond donors (Lipinski definition) is 1. The maximum atomic E-state index is 12.0. The van der Waals surface area contributed by atoms with Crippen molar-refractivity contribution >= 4 is 67.5 Å². The zero-order chi connectivity index (χ0) is 29.3. The Kier molecular flexibility index (Phi) is 8.42. The molecule has 3 aromatic heterocycles. The fraction of sp³-hybridized carbons (Fsp3) is 0.385. The summed E-state index contributed by atoms with van der Waals surface area (Å²) in [5.41, 5.74) is 2.52. The lowest BCUT2D eigenvalue weighted by molar-refractivity contribution is -0.166. The third-order valence-corrected chi connectivity index (χ3v) is 7.25. The Morgan fingerprint density at radius 3 is 2.59 bits per heavy atom. The van der Waals surface area contributed by atoms with Crippen LogP contribution in [0.25, 0.3) is 22.1 Å². The second-order valence-corrected chi connectivity index (χ2v) is 10.4. The van der Waals surface area contributed by atoms with Gasteiger partial charge >= 0.3 is 23.9 Å². The number of esters is 3. The Balaban J connectivity index is 1.42. The smallest absolute Gasteiger partial charge is 0.319 e. The average molecular weight is 651 g/mol. The quantitative estimate of drug-likeness (QED) is 0.160. The summed E-state index contributed by atoms with van der Waals surface area (Å²) in [5, 5.41) is 1.10. The predicted molar refractivity (Wildman–Crippen MR) is 147 cm³/mol. The number of aromatic nitrogens is 5. The van der Waals surface area contributed by atoms with Crippen molar-refractivity contribution in [1.82, 2.24) is 24.5 Å². The molecule has 0 bridgehead atoms. The first-order valence-corrected chi connectivity index (χ1v) is 13.7. The number of imidazole rings is 1. The number of carbonyl (C=O) groups is 3. The number of ether oxygens (including phenoxy) is 5. The van der Waals surface area contributed by atoms with Crippen LogP contribution in [0.4, 0.5) is 0 Å². The Morgan fingerprint density at radius 2 is 1.85 bits per heavy atom. The number of fused-ring (bicyclic) bond motifs is 2. The van der Waals surface area contributed by atoms with Crippen LogP contribution in [0.5, 0.6) is 6.01 Å². The standard InChI is InChI=1S/C26H25BrClN5O8/c1-12(34)38-10-18-21(39-13(2)35)22(40-14(3)36)25(41-18)33-11-30-20-23(28)31-26(32-24(20)33)37-8-7-15-9-29-19-16(15)5-4-6-17(19)27/h4-6,9,11,18,21-22,25,29H,7-8,10H2,1-3H3/t18-,21-,22-,25-/m1/s1. The molecule has 0 radical (unpaired) electrons. The van der Waals surface area contributed by atoms with Crippen LogP contribution in [0, 0.1) is 0 Å². The van der Waals surface area contributed by atoms with Gasteiger partial charge in [-0.1, -0.05) is 23.7 Å². The van der Waals surface area contributed by atoms with Crippen LogP contribution < -0.4 is 4.74 Å². The molecule has 1 aliphatic heterocycles. The Hall–Kier alpha value is -3.75. The van der Waals surface area contributed by atoms with Gasteiger partial charge < -0.3 is 28.7 Å². The molecule has 0 aliphatic carbocycles. The highest BCUT2D eigenvalue weighted by Crippen LogP contribution is 2.37. The number of hydrogen-bond acceptors (Lipinski definition) is 11. The van der Waals surface area contributed by atoms with E-state index in [0.717, 1.165) is 20.9 Å². The number of benzene rings is 1. The number of H-pyrrole nitrogens is 1. The Labute approximate surface area is 246 Å². The van der Waals surface area contributed by atoms with E-state index in [2.05, 4.69) is 35.9 Å². The molecule has 4 heterocycles. The van der Waals surface area contributed by atoms with Crippen LogP contribution in [0.1, 0.15) is 32.6 Å². The molecule has 5 rings (SSSR count). The molecule has 1 fully saturated rings. The zero-order valence-corrected chi connectivity index (χ0v) is 24.5. The first-order chi connectivity index (χ1) is 19.6. The number of para-hydroxylation sites is 1. The molecule has 4 atom stereocenters. The van der Waals surface area contributed by atoms with Crippen LogP contribution in [0.2, 0.25) is 5.15 Å². The topological polar surface area (TPSA) is 157 Å². The van der Waals surface area contributed by atoms with E-state index in [1.165, 1.54) is 31.7 Å². The van der Waals surface area contributed by atoms with E-state index in [4.69, 9.17) is 35.3 Å². The monoisotopic (exact) mass is 649 g/mol. The van der Waals surface area contributed by atoms with Crippen molar-refractivity contribution in [2.24, 2.45) is 0 Å². The molecular formula is C26H25BrClN5O8. The van der Waals surface area contributed by atoms with Crippen LogP contribution in [-0.4, -0.2) is 73.9 Å². The molecule has 0 spiro atoms. The normalized spacial score (nSPS) is 20.3. The molecule has 0 saturated carbocycles. The van der Waals surface area contributed by atoms with E-state index >= 15 is 0 Å². The fourth-order valence-electron chi connectivity index (χ4n) is 4.67. The molecule has 216 valence electrons. The molecule has 1 N–H and O–H groups in total. The first kappa shape index (κ1) is 28.8. The van der Waals surface area contributed by atoms with Crippen molar-refractivity contribution < 1.29 is 38.1 Å². The minimum Gasteiger partial charge on any atom is -0.463 e.